The number of ether oxygens (including phenoxy) is 1. The SMILES string of the molecule is O=C(CNc1cccc(-c2cn(CC(O)c3ccccc3)nn2)c1)N1CCOCC1. The Balaban J connectivity index is 1.37. The van der Waals surface area contributed by atoms with Gasteiger partial charge in [0.15, 0.2) is 0 Å². The molecule has 156 valence electrons. The Bertz CT molecular complexity index is 970. The van der Waals surface area contributed by atoms with Crippen LogP contribution in [-0.2, 0) is 16.1 Å². The van der Waals surface area contributed by atoms with E-state index in [1.54, 1.807) is 4.68 Å². The fourth-order valence-electron chi connectivity index (χ4n) is 3.37. The summed E-state index contributed by atoms with van der Waals surface area (Å²) in [6.45, 7) is 3.02. The Morgan fingerprint density at radius 3 is 2.73 bits per heavy atom. The van der Waals surface area contributed by atoms with Crippen LogP contribution in [-0.4, -0.2) is 63.8 Å². The minimum absolute atomic E-state index is 0.0598. The van der Waals surface area contributed by atoms with Crippen LogP contribution in [0.2, 0.25) is 0 Å². The van der Waals surface area contributed by atoms with Crippen LogP contribution >= 0.6 is 0 Å². The van der Waals surface area contributed by atoms with Crippen molar-refractivity contribution >= 4 is 11.6 Å². The van der Waals surface area contributed by atoms with Gasteiger partial charge in [0.2, 0.25) is 5.91 Å². The second-order valence-electron chi connectivity index (χ2n) is 7.18. The highest BCUT2D eigenvalue weighted by atomic mass is 16.5. The Kier molecular flexibility index (Phi) is 6.36. The van der Waals surface area contributed by atoms with E-state index in [0.29, 0.717) is 38.5 Å². The first-order valence-electron chi connectivity index (χ1n) is 10.0. The Morgan fingerprint density at radius 2 is 1.93 bits per heavy atom. The number of carbonyl (C=O) groups excluding carboxylic acids is 1. The summed E-state index contributed by atoms with van der Waals surface area (Å²) in [7, 11) is 0. The number of carbonyl (C=O) groups is 1. The number of aliphatic hydroxyl groups is 1. The summed E-state index contributed by atoms with van der Waals surface area (Å²) in [6, 6.07) is 17.2. The minimum Gasteiger partial charge on any atom is -0.386 e. The molecule has 4 rings (SSSR count). The van der Waals surface area contributed by atoms with E-state index in [4.69, 9.17) is 4.74 Å². The van der Waals surface area contributed by atoms with Gasteiger partial charge < -0.3 is 20.1 Å². The third-order valence-corrected chi connectivity index (χ3v) is 5.05. The van der Waals surface area contributed by atoms with Crippen molar-refractivity contribution in [2.45, 2.75) is 12.6 Å². The van der Waals surface area contributed by atoms with Gasteiger partial charge in [-0.1, -0.05) is 47.7 Å². The smallest absolute Gasteiger partial charge is 0.242 e. The van der Waals surface area contributed by atoms with Gasteiger partial charge in [-0.2, -0.15) is 0 Å². The van der Waals surface area contributed by atoms with Gasteiger partial charge in [-0.25, -0.2) is 4.68 Å². The average Bonchev–Trinajstić information content (AvgIpc) is 3.27. The number of hydrogen-bond acceptors (Lipinski definition) is 6. The molecule has 1 unspecified atom stereocenters. The second-order valence-corrected chi connectivity index (χ2v) is 7.18. The van der Waals surface area contributed by atoms with Crippen molar-refractivity contribution in [2.24, 2.45) is 0 Å². The molecular weight excluding hydrogens is 382 g/mol. The lowest BCUT2D eigenvalue weighted by Gasteiger charge is -2.27. The van der Waals surface area contributed by atoms with E-state index < -0.39 is 6.10 Å². The highest BCUT2D eigenvalue weighted by molar-refractivity contribution is 5.81. The lowest BCUT2D eigenvalue weighted by Crippen LogP contribution is -2.43. The fraction of sp³-hybridized carbons (Fsp3) is 0.318. The first-order chi connectivity index (χ1) is 14.7. The van der Waals surface area contributed by atoms with Crippen LogP contribution in [0.4, 0.5) is 5.69 Å². The molecule has 1 fully saturated rings. The van der Waals surface area contributed by atoms with Crippen molar-refractivity contribution < 1.29 is 14.6 Å². The molecule has 1 amide bonds. The van der Waals surface area contributed by atoms with E-state index in [2.05, 4.69) is 15.6 Å². The highest BCUT2D eigenvalue weighted by Crippen LogP contribution is 2.21. The van der Waals surface area contributed by atoms with Crippen LogP contribution in [0, 0.1) is 0 Å². The van der Waals surface area contributed by atoms with E-state index in [-0.39, 0.29) is 12.5 Å². The van der Waals surface area contributed by atoms with Crippen LogP contribution in [0.3, 0.4) is 0 Å². The molecule has 1 atom stereocenters. The topological polar surface area (TPSA) is 92.5 Å². The van der Waals surface area contributed by atoms with E-state index in [1.165, 1.54) is 0 Å². The molecule has 2 aromatic carbocycles. The average molecular weight is 407 g/mol. The van der Waals surface area contributed by atoms with Crippen molar-refractivity contribution in [1.29, 1.82) is 0 Å². The maximum atomic E-state index is 12.3. The predicted molar refractivity (Wildman–Crippen MR) is 113 cm³/mol. The number of nitrogens with zero attached hydrogens (tertiary/aromatic N) is 4. The molecule has 0 saturated carbocycles. The van der Waals surface area contributed by atoms with Crippen LogP contribution < -0.4 is 5.32 Å². The Labute approximate surface area is 175 Å². The van der Waals surface area contributed by atoms with E-state index in [1.807, 2.05) is 65.7 Å². The van der Waals surface area contributed by atoms with Crippen molar-refractivity contribution in [2.75, 3.05) is 38.2 Å². The molecule has 0 bridgehead atoms. The predicted octanol–water partition coefficient (Wildman–Crippen LogP) is 1.95. The van der Waals surface area contributed by atoms with E-state index in [9.17, 15) is 9.90 Å². The zero-order valence-corrected chi connectivity index (χ0v) is 16.6. The van der Waals surface area contributed by atoms with Crippen molar-refractivity contribution in [1.82, 2.24) is 19.9 Å². The molecule has 1 saturated heterocycles. The van der Waals surface area contributed by atoms with E-state index >= 15 is 0 Å². The molecule has 0 spiro atoms. The molecule has 1 aliphatic rings. The van der Waals surface area contributed by atoms with Crippen LogP contribution in [0.25, 0.3) is 11.3 Å². The van der Waals surface area contributed by atoms with Gasteiger partial charge >= 0.3 is 0 Å². The highest BCUT2D eigenvalue weighted by Gasteiger charge is 2.16. The first kappa shape index (κ1) is 20.1. The number of rotatable bonds is 7. The molecular formula is C22H25N5O3. The van der Waals surface area contributed by atoms with Crippen molar-refractivity contribution in [3.05, 3.63) is 66.4 Å². The summed E-state index contributed by atoms with van der Waals surface area (Å²) in [6.07, 6.45) is 1.16. The zero-order valence-electron chi connectivity index (χ0n) is 16.6. The lowest BCUT2D eigenvalue weighted by molar-refractivity contribution is -0.133. The number of amides is 1. The Hall–Kier alpha value is -3.23. The molecule has 1 aromatic heterocycles. The summed E-state index contributed by atoms with van der Waals surface area (Å²) < 4.78 is 6.92. The molecule has 30 heavy (non-hydrogen) atoms. The molecule has 2 heterocycles. The van der Waals surface area contributed by atoms with Gasteiger partial charge in [-0.15, -0.1) is 5.10 Å². The third-order valence-electron chi connectivity index (χ3n) is 5.05. The number of anilines is 1. The number of aliphatic hydroxyl groups excluding tert-OH is 1. The molecule has 8 heteroatoms. The summed E-state index contributed by atoms with van der Waals surface area (Å²) in [5, 5.41) is 21.9. The van der Waals surface area contributed by atoms with Crippen LogP contribution in [0.5, 0.6) is 0 Å². The van der Waals surface area contributed by atoms with Gasteiger partial charge in [0.25, 0.3) is 0 Å². The van der Waals surface area contributed by atoms with Crippen LogP contribution in [0.1, 0.15) is 11.7 Å². The molecule has 2 N–H and O–H groups in total. The summed E-state index contributed by atoms with van der Waals surface area (Å²) in [5.74, 6) is 0.0598. The number of nitrogens with one attached hydrogen (secondary N) is 1. The van der Waals surface area contributed by atoms with E-state index in [0.717, 1.165) is 16.8 Å². The number of aromatic nitrogens is 3. The second kappa shape index (κ2) is 9.51. The monoisotopic (exact) mass is 407 g/mol. The number of hydrogen-bond donors (Lipinski definition) is 2. The zero-order chi connectivity index (χ0) is 20.8. The minimum atomic E-state index is -0.653. The van der Waals surface area contributed by atoms with Gasteiger partial charge in [0.1, 0.15) is 5.69 Å². The third kappa shape index (κ3) is 5.03. The standard InChI is InChI=1S/C22H25N5O3/c28-21(17-5-2-1-3-6-17)16-27-15-20(24-25-27)18-7-4-8-19(13-18)23-14-22(29)26-9-11-30-12-10-26/h1-8,13,15,21,23,28H,9-12,14,16H2. The maximum absolute atomic E-state index is 12.3. The van der Waals surface area contributed by atoms with Crippen molar-refractivity contribution in [3.63, 3.8) is 0 Å². The molecule has 1 aliphatic heterocycles. The normalized spacial score (nSPS) is 15.0. The number of morpholine rings is 1. The lowest BCUT2D eigenvalue weighted by atomic mass is 10.1. The largest absolute Gasteiger partial charge is 0.386 e. The molecule has 8 nitrogen and oxygen atoms in total. The van der Waals surface area contributed by atoms with Gasteiger partial charge in [-0.05, 0) is 17.7 Å². The maximum Gasteiger partial charge on any atom is 0.242 e. The quantitative estimate of drug-likeness (QED) is 0.622. The summed E-state index contributed by atoms with van der Waals surface area (Å²) in [4.78, 5) is 14.1. The summed E-state index contributed by atoms with van der Waals surface area (Å²) in [5.41, 5.74) is 3.27. The molecule has 0 aliphatic carbocycles. The number of benzene rings is 2. The van der Waals surface area contributed by atoms with Gasteiger partial charge in [0.05, 0.1) is 38.6 Å². The molecule has 0 radical (unpaired) electrons. The molecule has 3 aromatic rings. The fourth-order valence-corrected chi connectivity index (χ4v) is 3.37. The Morgan fingerprint density at radius 1 is 1.13 bits per heavy atom. The van der Waals surface area contributed by atoms with Crippen LogP contribution in [0.15, 0.2) is 60.8 Å². The van der Waals surface area contributed by atoms with Gasteiger partial charge in [-0.3, -0.25) is 4.79 Å². The first-order valence-corrected chi connectivity index (χ1v) is 10.0. The van der Waals surface area contributed by atoms with Crippen molar-refractivity contribution in [3.8, 4) is 11.3 Å². The van der Waals surface area contributed by atoms with Gasteiger partial charge in [0, 0.05) is 24.3 Å². The summed E-state index contributed by atoms with van der Waals surface area (Å²) >= 11 is 0.